The van der Waals surface area contributed by atoms with Gasteiger partial charge in [0, 0.05) is 5.41 Å². The third-order valence-corrected chi connectivity index (χ3v) is 4.97. The van der Waals surface area contributed by atoms with Gasteiger partial charge in [-0.05, 0) is 97.7 Å². The molecule has 29 heavy (non-hydrogen) atoms. The fraction of sp³-hybridized carbons (Fsp3) is 0.333. The Labute approximate surface area is 180 Å². The lowest BCUT2D eigenvalue weighted by molar-refractivity contribution is 0.328. The Kier molecular flexibility index (Phi) is 9.71. The van der Waals surface area contributed by atoms with Gasteiger partial charge in [0.2, 0.25) is 0 Å². The Hall–Kier alpha value is -2.34. The summed E-state index contributed by atoms with van der Waals surface area (Å²) in [6.07, 6.45) is 14.4. The summed E-state index contributed by atoms with van der Waals surface area (Å²) >= 11 is 1.73. The summed E-state index contributed by atoms with van der Waals surface area (Å²) < 4.78 is 0. The van der Waals surface area contributed by atoms with Crippen LogP contribution in [0.1, 0.15) is 52.0 Å². The van der Waals surface area contributed by atoms with Gasteiger partial charge in [-0.3, -0.25) is 0 Å². The van der Waals surface area contributed by atoms with Crippen molar-refractivity contribution in [1.29, 1.82) is 0 Å². The summed E-state index contributed by atoms with van der Waals surface area (Å²) in [7, 11) is 0. The SMILES string of the molecule is CC(C)(C)C#C/C=C/C/C(=C\CCC/C=C/c1cccc(-c2ccsc2)c1)CO. The van der Waals surface area contributed by atoms with Gasteiger partial charge < -0.3 is 5.11 Å². The van der Waals surface area contributed by atoms with E-state index in [9.17, 15) is 5.11 Å². The molecule has 0 unspecified atom stereocenters. The molecule has 2 aromatic rings. The first-order chi connectivity index (χ1) is 14.0. The van der Waals surface area contributed by atoms with Gasteiger partial charge in [0.1, 0.15) is 0 Å². The summed E-state index contributed by atoms with van der Waals surface area (Å²) in [6, 6.07) is 10.8. The van der Waals surface area contributed by atoms with Crippen molar-refractivity contribution in [3.05, 3.63) is 76.5 Å². The molecule has 1 aromatic heterocycles. The number of aliphatic hydroxyl groups is 1. The van der Waals surface area contributed by atoms with Gasteiger partial charge in [-0.2, -0.15) is 11.3 Å². The van der Waals surface area contributed by atoms with Crippen LogP contribution in [-0.4, -0.2) is 11.7 Å². The molecule has 0 aliphatic rings. The number of thiophene rings is 1. The van der Waals surface area contributed by atoms with Crippen molar-refractivity contribution in [2.45, 2.75) is 46.5 Å². The van der Waals surface area contributed by atoms with E-state index in [0.717, 1.165) is 31.3 Å². The molecule has 0 atom stereocenters. The standard InChI is InChI=1S/C27H32OS/c1-27(2,3)18-10-6-9-14-24(21-28)13-8-5-4-7-12-23-15-11-16-25(20-23)26-17-19-29-22-26/h6-7,9,11-13,15-17,19-20,22,28H,4-5,8,14,21H2,1-3H3/b9-6+,12-7+,24-13+. The van der Waals surface area contributed by atoms with Crippen molar-refractivity contribution in [2.75, 3.05) is 6.61 Å². The third kappa shape index (κ3) is 9.61. The molecule has 0 saturated carbocycles. The van der Waals surface area contributed by atoms with Crippen molar-refractivity contribution in [2.24, 2.45) is 5.41 Å². The van der Waals surface area contributed by atoms with Crippen LogP contribution >= 0.6 is 11.3 Å². The van der Waals surface area contributed by atoms with Crippen LogP contribution < -0.4 is 0 Å². The molecule has 2 heteroatoms. The zero-order valence-electron chi connectivity index (χ0n) is 17.8. The highest BCUT2D eigenvalue weighted by Gasteiger charge is 2.02. The van der Waals surface area contributed by atoms with E-state index in [-0.39, 0.29) is 12.0 Å². The fourth-order valence-corrected chi connectivity index (χ4v) is 3.42. The summed E-state index contributed by atoms with van der Waals surface area (Å²) in [6.45, 7) is 6.41. The van der Waals surface area contributed by atoms with E-state index < -0.39 is 0 Å². The maximum atomic E-state index is 9.52. The lowest BCUT2D eigenvalue weighted by atomic mass is 9.98. The molecular formula is C27H32OS. The highest BCUT2D eigenvalue weighted by atomic mass is 32.1. The first-order valence-electron chi connectivity index (χ1n) is 10.2. The highest BCUT2D eigenvalue weighted by molar-refractivity contribution is 7.08. The average Bonchev–Trinajstić information content (AvgIpc) is 3.23. The zero-order valence-corrected chi connectivity index (χ0v) is 18.6. The van der Waals surface area contributed by atoms with Crippen molar-refractivity contribution >= 4 is 17.4 Å². The predicted molar refractivity (Wildman–Crippen MR) is 129 cm³/mol. The normalized spacial score (nSPS) is 12.5. The molecule has 1 N–H and O–H groups in total. The van der Waals surface area contributed by atoms with E-state index in [1.165, 1.54) is 16.7 Å². The summed E-state index contributed by atoms with van der Waals surface area (Å²) in [5.74, 6) is 6.25. The van der Waals surface area contributed by atoms with Gasteiger partial charge in [0.25, 0.3) is 0 Å². The van der Waals surface area contributed by atoms with E-state index >= 15 is 0 Å². The topological polar surface area (TPSA) is 20.2 Å². The largest absolute Gasteiger partial charge is 0.392 e. The van der Waals surface area contributed by atoms with Crippen LogP contribution in [0.25, 0.3) is 17.2 Å². The molecule has 0 bridgehead atoms. The Morgan fingerprint density at radius 3 is 2.69 bits per heavy atom. The molecule has 1 aromatic carbocycles. The molecule has 0 amide bonds. The first kappa shape index (κ1) is 22.9. The summed E-state index contributed by atoms with van der Waals surface area (Å²) in [4.78, 5) is 0. The number of allylic oxidation sites excluding steroid dienone is 4. The molecule has 0 radical (unpaired) electrons. The van der Waals surface area contributed by atoms with Gasteiger partial charge in [-0.1, -0.05) is 54.3 Å². The van der Waals surface area contributed by atoms with Crippen molar-refractivity contribution in [1.82, 2.24) is 0 Å². The van der Waals surface area contributed by atoms with Crippen molar-refractivity contribution < 1.29 is 5.11 Å². The lowest BCUT2D eigenvalue weighted by Crippen LogP contribution is -1.98. The molecule has 0 spiro atoms. The molecule has 0 fully saturated rings. The predicted octanol–water partition coefficient (Wildman–Crippen LogP) is 7.51. The molecule has 0 aliphatic heterocycles. The maximum Gasteiger partial charge on any atom is 0.0644 e. The lowest BCUT2D eigenvalue weighted by Gasteiger charge is -2.05. The second-order valence-electron chi connectivity index (χ2n) is 8.12. The van der Waals surface area contributed by atoms with Crippen molar-refractivity contribution in [3.63, 3.8) is 0 Å². The second-order valence-corrected chi connectivity index (χ2v) is 8.90. The van der Waals surface area contributed by atoms with Crippen molar-refractivity contribution in [3.8, 4) is 23.0 Å². The van der Waals surface area contributed by atoms with Crippen LogP contribution in [-0.2, 0) is 0 Å². The third-order valence-electron chi connectivity index (χ3n) is 4.29. The van der Waals surface area contributed by atoms with E-state index in [1.807, 2.05) is 12.2 Å². The Bertz CT molecular complexity index is 881. The van der Waals surface area contributed by atoms with Crippen LogP contribution in [0.3, 0.4) is 0 Å². The van der Waals surface area contributed by atoms with E-state index in [0.29, 0.717) is 0 Å². The number of aliphatic hydroxyl groups excluding tert-OH is 1. The molecule has 0 aliphatic carbocycles. The van der Waals surface area contributed by atoms with Crippen LogP contribution in [0, 0.1) is 17.3 Å². The minimum Gasteiger partial charge on any atom is -0.392 e. The van der Waals surface area contributed by atoms with E-state index in [1.54, 1.807) is 11.3 Å². The van der Waals surface area contributed by atoms with Gasteiger partial charge >= 0.3 is 0 Å². The minimum atomic E-state index is 0.0265. The monoisotopic (exact) mass is 404 g/mol. The van der Waals surface area contributed by atoms with Gasteiger partial charge in [-0.15, -0.1) is 0 Å². The molecule has 1 heterocycles. The number of hydrogen-bond donors (Lipinski definition) is 1. The van der Waals surface area contributed by atoms with Gasteiger partial charge in [-0.25, -0.2) is 0 Å². The number of unbranched alkanes of at least 4 members (excludes halogenated alkanes) is 2. The second kappa shape index (κ2) is 12.3. The molecule has 1 nitrogen and oxygen atoms in total. The molecular weight excluding hydrogens is 372 g/mol. The van der Waals surface area contributed by atoms with E-state index in [2.05, 4.69) is 91.9 Å². The number of benzene rings is 1. The minimum absolute atomic E-state index is 0.0265. The smallest absolute Gasteiger partial charge is 0.0644 e. The maximum absolute atomic E-state index is 9.52. The molecule has 152 valence electrons. The quantitative estimate of drug-likeness (QED) is 0.260. The van der Waals surface area contributed by atoms with Crippen LogP contribution in [0.2, 0.25) is 0 Å². The first-order valence-corrected chi connectivity index (χ1v) is 11.2. The number of hydrogen-bond acceptors (Lipinski definition) is 2. The van der Waals surface area contributed by atoms with Crippen LogP contribution in [0.5, 0.6) is 0 Å². The van der Waals surface area contributed by atoms with Crippen LogP contribution in [0.15, 0.2) is 71.0 Å². The Morgan fingerprint density at radius 2 is 1.97 bits per heavy atom. The highest BCUT2D eigenvalue weighted by Crippen LogP contribution is 2.23. The Balaban J connectivity index is 1.75. The zero-order chi connectivity index (χ0) is 21.0. The summed E-state index contributed by atoms with van der Waals surface area (Å²) in [5, 5.41) is 13.8. The Morgan fingerprint density at radius 1 is 1.10 bits per heavy atom. The van der Waals surface area contributed by atoms with Gasteiger partial charge in [0.15, 0.2) is 0 Å². The average molecular weight is 405 g/mol. The summed E-state index contributed by atoms with van der Waals surface area (Å²) in [5.41, 5.74) is 4.88. The fourth-order valence-electron chi connectivity index (χ4n) is 2.75. The van der Waals surface area contributed by atoms with Gasteiger partial charge in [0.05, 0.1) is 6.61 Å². The van der Waals surface area contributed by atoms with E-state index in [4.69, 9.17) is 0 Å². The van der Waals surface area contributed by atoms with Crippen LogP contribution in [0.4, 0.5) is 0 Å². The molecule has 2 rings (SSSR count). The number of rotatable bonds is 9. The molecule has 0 saturated heterocycles.